The van der Waals surface area contributed by atoms with Gasteiger partial charge in [-0.25, -0.2) is 4.39 Å². The quantitative estimate of drug-likeness (QED) is 0.808. The highest BCUT2D eigenvalue weighted by Gasteiger charge is 2.15. The van der Waals surface area contributed by atoms with Gasteiger partial charge in [0.15, 0.2) is 0 Å². The van der Waals surface area contributed by atoms with Gasteiger partial charge in [0.05, 0.1) is 18.6 Å². The van der Waals surface area contributed by atoms with E-state index in [0.717, 1.165) is 16.9 Å². The molecule has 1 atom stereocenters. The van der Waals surface area contributed by atoms with Gasteiger partial charge in [0.2, 0.25) is 0 Å². The summed E-state index contributed by atoms with van der Waals surface area (Å²) < 4.78 is 19.4. The number of hydrogen-bond acceptors (Lipinski definition) is 2. The maximum absolute atomic E-state index is 13.7. The molecule has 0 aliphatic rings. The lowest BCUT2D eigenvalue weighted by Gasteiger charge is -2.13. The summed E-state index contributed by atoms with van der Waals surface area (Å²) in [5, 5.41) is 9.23. The van der Waals surface area contributed by atoms with Crippen LogP contribution in [0, 0.1) is 31.0 Å². The van der Waals surface area contributed by atoms with E-state index in [9.17, 15) is 9.65 Å². The van der Waals surface area contributed by atoms with Gasteiger partial charge in [-0.15, -0.1) is 0 Å². The molecule has 0 fully saturated rings. The van der Waals surface area contributed by atoms with Crippen molar-refractivity contribution in [2.24, 2.45) is 0 Å². The van der Waals surface area contributed by atoms with E-state index in [0.29, 0.717) is 18.6 Å². The first-order valence-electron chi connectivity index (χ1n) is 6.96. The molecule has 0 bridgehead atoms. The molecule has 0 aromatic heterocycles. The number of rotatable bonds is 5. The number of nitriles is 1. The van der Waals surface area contributed by atoms with E-state index in [1.54, 1.807) is 18.2 Å². The van der Waals surface area contributed by atoms with Crippen LogP contribution in [0.15, 0.2) is 42.5 Å². The van der Waals surface area contributed by atoms with Crippen molar-refractivity contribution in [2.45, 2.75) is 26.2 Å². The standard InChI is InChI=1S/C18H18FNO/c1-13-7-8-14(2)18(11-13)21-10-9-15(12-20)16-5-3-4-6-17(16)19/h3-8,11,15H,9-10H2,1-2H3. The fraction of sp³-hybridized carbons (Fsp3) is 0.278. The molecule has 0 spiro atoms. The van der Waals surface area contributed by atoms with Crippen molar-refractivity contribution in [1.82, 2.24) is 0 Å². The Hall–Kier alpha value is -2.34. The zero-order chi connectivity index (χ0) is 15.2. The first kappa shape index (κ1) is 15.1. The summed E-state index contributed by atoms with van der Waals surface area (Å²) in [4.78, 5) is 0. The van der Waals surface area contributed by atoms with Crippen LogP contribution in [0.5, 0.6) is 5.75 Å². The van der Waals surface area contributed by atoms with Gasteiger partial charge in [-0.2, -0.15) is 5.26 Å². The monoisotopic (exact) mass is 283 g/mol. The zero-order valence-corrected chi connectivity index (χ0v) is 12.3. The van der Waals surface area contributed by atoms with E-state index in [-0.39, 0.29) is 5.82 Å². The molecule has 2 aromatic rings. The molecule has 0 aliphatic heterocycles. The Morgan fingerprint density at radius 1 is 1.19 bits per heavy atom. The highest BCUT2D eigenvalue weighted by molar-refractivity contribution is 5.36. The second kappa shape index (κ2) is 6.90. The molecule has 108 valence electrons. The molecule has 0 amide bonds. The highest BCUT2D eigenvalue weighted by atomic mass is 19.1. The van der Waals surface area contributed by atoms with Gasteiger partial charge < -0.3 is 4.74 Å². The lowest BCUT2D eigenvalue weighted by molar-refractivity contribution is 0.303. The Morgan fingerprint density at radius 2 is 1.95 bits per heavy atom. The van der Waals surface area contributed by atoms with Crippen LogP contribution in [0.2, 0.25) is 0 Å². The summed E-state index contributed by atoms with van der Waals surface area (Å²) in [5.41, 5.74) is 2.62. The molecule has 0 radical (unpaired) electrons. The van der Waals surface area contributed by atoms with Gasteiger partial charge in [-0.05, 0) is 37.1 Å². The van der Waals surface area contributed by atoms with Gasteiger partial charge >= 0.3 is 0 Å². The van der Waals surface area contributed by atoms with E-state index in [1.807, 2.05) is 32.0 Å². The average Bonchev–Trinajstić information content (AvgIpc) is 2.48. The summed E-state index contributed by atoms with van der Waals surface area (Å²) in [7, 11) is 0. The normalized spacial score (nSPS) is 11.7. The van der Waals surface area contributed by atoms with Gasteiger partial charge in [0.25, 0.3) is 0 Å². The number of halogens is 1. The van der Waals surface area contributed by atoms with Gasteiger partial charge in [-0.1, -0.05) is 30.3 Å². The van der Waals surface area contributed by atoms with Crippen molar-refractivity contribution in [3.05, 3.63) is 65.0 Å². The third-order valence-corrected chi connectivity index (χ3v) is 3.44. The molecule has 0 aliphatic carbocycles. The van der Waals surface area contributed by atoms with E-state index < -0.39 is 5.92 Å². The Labute approximate surface area is 124 Å². The van der Waals surface area contributed by atoms with Gasteiger partial charge in [0, 0.05) is 12.0 Å². The summed E-state index contributed by atoms with van der Waals surface area (Å²) in [5.74, 6) is -0.00711. The van der Waals surface area contributed by atoms with Crippen LogP contribution in [0.4, 0.5) is 4.39 Å². The maximum atomic E-state index is 13.7. The molecule has 21 heavy (non-hydrogen) atoms. The summed E-state index contributed by atoms with van der Waals surface area (Å²) in [6.07, 6.45) is 0.463. The van der Waals surface area contributed by atoms with Crippen molar-refractivity contribution >= 4 is 0 Å². The van der Waals surface area contributed by atoms with Crippen molar-refractivity contribution < 1.29 is 9.13 Å². The summed E-state index contributed by atoms with van der Waals surface area (Å²) in [6.45, 7) is 4.37. The van der Waals surface area contributed by atoms with Crippen molar-refractivity contribution in [3.8, 4) is 11.8 Å². The minimum absolute atomic E-state index is 0.337. The van der Waals surface area contributed by atoms with Crippen LogP contribution in [-0.2, 0) is 0 Å². The van der Waals surface area contributed by atoms with Gasteiger partial charge in [0.1, 0.15) is 11.6 Å². The largest absolute Gasteiger partial charge is 0.493 e. The molecule has 0 saturated carbocycles. The molecule has 2 aromatic carbocycles. The highest BCUT2D eigenvalue weighted by Crippen LogP contribution is 2.24. The summed E-state index contributed by atoms with van der Waals surface area (Å²) in [6, 6.07) is 14.6. The molecular weight excluding hydrogens is 265 g/mol. The number of nitrogens with zero attached hydrogens (tertiary/aromatic N) is 1. The lowest BCUT2D eigenvalue weighted by atomic mass is 9.97. The molecule has 0 saturated heterocycles. The van der Waals surface area contributed by atoms with Crippen LogP contribution in [0.25, 0.3) is 0 Å². The topological polar surface area (TPSA) is 33.0 Å². The van der Waals surface area contributed by atoms with Crippen LogP contribution in [0.1, 0.15) is 29.0 Å². The van der Waals surface area contributed by atoms with Crippen molar-refractivity contribution in [1.29, 1.82) is 5.26 Å². The van der Waals surface area contributed by atoms with E-state index >= 15 is 0 Å². The second-order valence-electron chi connectivity index (χ2n) is 5.11. The lowest BCUT2D eigenvalue weighted by Crippen LogP contribution is -2.06. The zero-order valence-electron chi connectivity index (χ0n) is 12.3. The van der Waals surface area contributed by atoms with Crippen LogP contribution in [-0.4, -0.2) is 6.61 Å². The van der Waals surface area contributed by atoms with E-state index in [1.165, 1.54) is 6.07 Å². The smallest absolute Gasteiger partial charge is 0.127 e. The Kier molecular flexibility index (Phi) is 4.94. The molecule has 1 unspecified atom stereocenters. The Morgan fingerprint density at radius 3 is 2.67 bits per heavy atom. The molecule has 0 heterocycles. The maximum Gasteiger partial charge on any atom is 0.127 e. The number of ether oxygens (including phenoxy) is 1. The number of hydrogen-bond donors (Lipinski definition) is 0. The SMILES string of the molecule is Cc1ccc(C)c(OCCC(C#N)c2ccccc2F)c1. The average molecular weight is 283 g/mol. The third kappa shape index (κ3) is 3.82. The predicted octanol–water partition coefficient (Wildman–Crippen LogP) is 4.52. The van der Waals surface area contributed by atoms with Crippen LogP contribution < -0.4 is 4.74 Å². The first-order valence-corrected chi connectivity index (χ1v) is 6.96. The second-order valence-corrected chi connectivity index (χ2v) is 5.11. The molecular formula is C18H18FNO. The Bertz CT molecular complexity index is 661. The van der Waals surface area contributed by atoms with Crippen molar-refractivity contribution in [2.75, 3.05) is 6.61 Å². The third-order valence-electron chi connectivity index (χ3n) is 3.44. The Balaban J connectivity index is 2.00. The minimum Gasteiger partial charge on any atom is -0.493 e. The molecule has 2 rings (SSSR count). The molecule has 2 nitrogen and oxygen atoms in total. The van der Waals surface area contributed by atoms with Crippen LogP contribution in [0.3, 0.4) is 0 Å². The molecule has 3 heteroatoms. The van der Waals surface area contributed by atoms with Gasteiger partial charge in [-0.3, -0.25) is 0 Å². The van der Waals surface area contributed by atoms with Crippen molar-refractivity contribution in [3.63, 3.8) is 0 Å². The minimum atomic E-state index is -0.490. The van der Waals surface area contributed by atoms with E-state index in [2.05, 4.69) is 6.07 Å². The number of aryl methyl sites for hydroxylation is 2. The fourth-order valence-electron chi connectivity index (χ4n) is 2.20. The number of benzene rings is 2. The van der Waals surface area contributed by atoms with E-state index in [4.69, 9.17) is 4.74 Å². The van der Waals surface area contributed by atoms with Crippen LogP contribution >= 0.6 is 0 Å². The fourth-order valence-corrected chi connectivity index (χ4v) is 2.20. The first-order chi connectivity index (χ1) is 10.1. The molecule has 0 N–H and O–H groups in total. The summed E-state index contributed by atoms with van der Waals surface area (Å²) >= 11 is 0. The predicted molar refractivity (Wildman–Crippen MR) is 80.8 cm³/mol.